The molecule has 0 radical (unpaired) electrons. The minimum atomic E-state index is -0.0608. The molecule has 1 aromatic carbocycles. The molecule has 1 N–H and O–H groups in total. The van der Waals surface area contributed by atoms with Crippen molar-refractivity contribution in [2.24, 2.45) is 7.05 Å². The van der Waals surface area contributed by atoms with Crippen LogP contribution < -0.4 is 5.32 Å². The summed E-state index contributed by atoms with van der Waals surface area (Å²) in [6.45, 7) is 2.49. The number of hydrogen-bond acceptors (Lipinski definition) is 4. The summed E-state index contributed by atoms with van der Waals surface area (Å²) in [6, 6.07) is 7.58. The lowest BCUT2D eigenvalue weighted by atomic mass is 10.1. The molecule has 0 saturated carbocycles. The number of aryl methyl sites for hydroxylation is 1. The van der Waals surface area contributed by atoms with Crippen molar-refractivity contribution in [3.05, 3.63) is 58.3 Å². The first-order valence-electron chi connectivity index (χ1n) is 9.73. The van der Waals surface area contributed by atoms with Gasteiger partial charge >= 0.3 is 0 Å². The summed E-state index contributed by atoms with van der Waals surface area (Å²) in [5.74, 6) is 0.800. The Balaban J connectivity index is 1.48. The maximum Gasteiger partial charge on any atom is 0.271 e. The van der Waals surface area contributed by atoms with Gasteiger partial charge in [-0.25, -0.2) is 9.97 Å². The van der Waals surface area contributed by atoms with Gasteiger partial charge in [-0.2, -0.15) is 0 Å². The molecule has 1 atom stereocenters. The van der Waals surface area contributed by atoms with E-state index in [4.69, 9.17) is 16.6 Å². The summed E-state index contributed by atoms with van der Waals surface area (Å²) < 4.78 is 1.95. The molecule has 28 heavy (non-hydrogen) atoms. The molecule has 0 unspecified atom stereocenters. The second-order valence-corrected chi connectivity index (χ2v) is 8.01. The summed E-state index contributed by atoms with van der Waals surface area (Å²) >= 11 is 6.12. The van der Waals surface area contributed by atoms with Crippen LogP contribution in [0.4, 0.5) is 0 Å². The second kappa shape index (κ2) is 6.87. The number of hydrogen-bond donors (Lipinski definition) is 1. The maximum absolute atomic E-state index is 13.4. The zero-order valence-corrected chi connectivity index (χ0v) is 16.5. The first kappa shape index (κ1) is 17.6. The molecule has 5 rings (SSSR count). The van der Waals surface area contributed by atoms with Crippen LogP contribution in [0.5, 0.6) is 0 Å². The number of aromatic nitrogens is 3. The topological polar surface area (TPSA) is 63.1 Å². The molecular formula is C21H22ClN5O. The van der Waals surface area contributed by atoms with E-state index < -0.39 is 0 Å². The fourth-order valence-electron chi connectivity index (χ4n) is 4.36. The zero-order chi connectivity index (χ0) is 19.3. The maximum atomic E-state index is 13.4. The first-order chi connectivity index (χ1) is 13.6. The highest BCUT2D eigenvalue weighted by atomic mass is 35.5. The highest BCUT2D eigenvalue weighted by Crippen LogP contribution is 2.33. The number of carbonyl (C=O) groups excluding carboxylic acids is 1. The van der Waals surface area contributed by atoms with Gasteiger partial charge in [0.1, 0.15) is 5.69 Å². The van der Waals surface area contributed by atoms with E-state index in [1.807, 2.05) is 47.0 Å². The lowest BCUT2D eigenvalue weighted by Crippen LogP contribution is -2.33. The summed E-state index contributed by atoms with van der Waals surface area (Å²) in [7, 11) is 1.93. The highest BCUT2D eigenvalue weighted by Gasteiger charge is 2.34. The van der Waals surface area contributed by atoms with E-state index in [1.165, 1.54) is 0 Å². The van der Waals surface area contributed by atoms with Crippen LogP contribution in [0, 0.1) is 0 Å². The molecule has 6 nitrogen and oxygen atoms in total. The van der Waals surface area contributed by atoms with E-state index in [9.17, 15) is 4.79 Å². The number of nitrogens with zero attached hydrogens (tertiary/aromatic N) is 4. The third-order valence-corrected chi connectivity index (χ3v) is 6.10. The number of benzene rings is 1. The molecule has 144 valence electrons. The molecule has 1 fully saturated rings. The Morgan fingerprint density at radius 2 is 2.21 bits per heavy atom. The lowest BCUT2D eigenvalue weighted by Gasteiger charge is -2.25. The average molecular weight is 396 g/mol. The van der Waals surface area contributed by atoms with Crippen molar-refractivity contribution in [2.75, 3.05) is 13.1 Å². The van der Waals surface area contributed by atoms with Crippen molar-refractivity contribution in [2.45, 2.75) is 31.8 Å². The molecule has 2 aliphatic rings. The summed E-state index contributed by atoms with van der Waals surface area (Å²) in [4.78, 5) is 24.8. The molecule has 2 aliphatic heterocycles. The summed E-state index contributed by atoms with van der Waals surface area (Å²) in [5.41, 5.74) is 3.95. The van der Waals surface area contributed by atoms with E-state index in [2.05, 4.69) is 10.3 Å². The quantitative estimate of drug-likeness (QED) is 0.723. The van der Waals surface area contributed by atoms with Crippen molar-refractivity contribution >= 4 is 28.4 Å². The normalized spacial score (nSPS) is 19.2. The van der Waals surface area contributed by atoms with Crippen LogP contribution in [0.25, 0.3) is 10.9 Å². The van der Waals surface area contributed by atoms with Crippen LogP contribution in [-0.4, -0.2) is 38.4 Å². The van der Waals surface area contributed by atoms with E-state index >= 15 is 0 Å². The van der Waals surface area contributed by atoms with E-state index in [-0.39, 0.29) is 11.9 Å². The van der Waals surface area contributed by atoms with Crippen molar-refractivity contribution in [1.29, 1.82) is 0 Å². The largest absolute Gasteiger partial charge is 0.340 e. The number of halogens is 1. The van der Waals surface area contributed by atoms with Crippen LogP contribution in [0.15, 0.2) is 30.5 Å². The summed E-state index contributed by atoms with van der Waals surface area (Å²) in [5, 5.41) is 5.00. The standard InChI is InChI=1S/C21H22ClN5O/c1-26-17-5-4-15(22)9-13(17)10-19(26)21(28)27-8-2-3-18(27)20-24-12-14-11-23-7-6-16(14)25-20/h4-5,9-10,12,18,23H,2-3,6-8,11H2,1H3/t18-/m1/s1. The fourth-order valence-corrected chi connectivity index (χ4v) is 4.54. The number of rotatable bonds is 2. The van der Waals surface area contributed by atoms with Crippen LogP contribution in [0.2, 0.25) is 5.02 Å². The van der Waals surface area contributed by atoms with Crippen molar-refractivity contribution in [3.63, 3.8) is 0 Å². The Bertz CT molecular complexity index is 1080. The van der Waals surface area contributed by atoms with Gasteiger partial charge in [-0.3, -0.25) is 4.79 Å². The number of nitrogens with one attached hydrogen (secondary N) is 1. The molecule has 2 aromatic heterocycles. The molecular weight excluding hydrogens is 374 g/mol. The first-order valence-corrected chi connectivity index (χ1v) is 10.1. The Morgan fingerprint density at radius 1 is 1.32 bits per heavy atom. The molecule has 0 bridgehead atoms. The van der Waals surface area contributed by atoms with Gasteiger partial charge in [0.05, 0.1) is 6.04 Å². The second-order valence-electron chi connectivity index (χ2n) is 7.58. The van der Waals surface area contributed by atoms with Gasteiger partial charge in [-0.05, 0) is 37.1 Å². The lowest BCUT2D eigenvalue weighted by molar-refractivity contribution is 0.0720. The number of amides is 1. The number of fused-ring (bicyclic) bond motifs is 2. The predicted molar refractivity (Wildman–Crippen MR) is 108 cm³/mol. The summed E-state index contributed by atoms with van der Waals surface area (Å²) in [6.07, 6.45) is 4.70. The minimum Gasteiger partial charge on any atom is -0.340 e. The monoisotopic (exact) mass is 395 g/mol. The van der Waals surface area contributed by atoms with Crippen molar-refractivity contribution in [3.8, 4) is 0 Å². The van der Waals surface area contributed by atoms with Gasteiger partial charge < -0.3 is 14.8 Å². The Kier molecular flexibility index (Phi) is 4.33. The minimum absolute atomic E-state index is 0.0281. The zero-order valence-electron chi connectivity index (χ0n) is 15.8. The number of likely N-dealkylation sites (tertiary alicyclic amines) is 1. The van der Waals surface area contributed by atoms with E-state index in [1.54, 1.807) is 0 Å². The Hall–Kier alpha value is -2.44. The van der Waals surface area contributed by atoms with E-state index in [0.29, 0.717) is 10.7 Å². The SMILES string of the molecule is Cn1c(C(=O)N2CCC[C@@H]2c2ncc3c(n2)CCNC3)cc2cc(Cl)ccc21. The van der Waals surface area contributed by atoms with Gasteiger partial charge in [0.2, 0.25) is 0 Å². The molecule has 1 amide bonds. The van der Waals surface area contributed by atoms with E-state index in [0.717, 1.165) is 66.9 Å². The van der Waals surface area contributed by atoms with Gasteiger partial charge in [-0.1, -0.05) is 11.6 Å². The molecule has 3 aromatic rings. The van der Waals surface area contributed by atoms with Crippen molar-refractivity contribution in [1.82, 2.24) is 24.8 Å². The van der Waals surface area contributed by atoms with Crippen LogP contribution in [0.1, 0.15) is 46.5 Å². The van der Waals surface area contributed by atoms with Gasteiger partial charge in [0.15, 0.2) is 5.82 Å². The molecule has 7 heteroatoms. The van der Waals surface area contributed by atoms with Crippen molar-refractivity contribution < 1.29 is 4.79 Å². The highest BCUT2D eigenvalue weighted by molar-refractivity contribution is 6.31. The van der Waals surface area contributed by atoms with Gasteiger partial charge in [0, 0.05) is 66.5 Å². The van der Waals surface area contributed by atoms with Crippen LogP contribution in [0.3, 0.4) is 0 Å². The van der Waals surface area contributed by atoms with Gasteiger partial charge in [0.25, 0.3) is 5.91 Å². The third kappa shape index (κ3) is 2.88. The van der Waals surface area contributed by atoms with Crippen LogP contribution in [-0.2, 0) is 20.0 Å². The number of carbonyl (C=O) groups is 1. The van der Waals surface area contributed by atoms with Crippen LogP contribution >= 0.6 is 11.6 Å². The molecule has 1 saturated heterocycles. The predicted octanol–water partition coefficient (Wildman–Crippen LogP) is 3.24. The Morgan fingerprint density at radius 3 is 3.11 bits per heavy atom. The smallest absolute Gasteiger partial charge is 0.271 e. The molecule has 0 aliphatic carbocycles. The fraction of sp³-hybridized carbons (Fsp3) is 0.381. The van der Waals surface area contributed by atoms with Gasteiger partial charge in [-0.15, -0.1) is 0 Å². The molecule has 0 spiro atoms. The average Bonchev–Trinajstić information content (AvgIpc) is 3.32. The third-order valence-electron chi connectivity index (χ3n) is 5.86. The molecule has 4 heterocycles. The Labute approximate surface area is 168 Å².